The number of piperazine rings is 1. The topological polar surface area (TPSA) is 49.6 Å². The molecular formula is C18H23N3O2S. The van der Waals surface area contributed by atoms with Crippen LogP contribution in [0.5, 0.6) is 0 Å². The zero-order valence-electron chi connectivity index (χ0n) is 14.2. The van der Waals surface area contributed by atoms with E-state index in [9.17, 15) is 4.79 Å². The maximum atomic E-state index is 12.3. The highest BCUT2D eigenvalue weighted by atomic mass is 32.2. The lowest BCUT2D eigenvalue weighted by Crippen LogP contribution is -2.48. The number of rotatable bonds is 5. The van der Waals surface area contributed by atoms with Crippen molar-refractivity contribution in [1.29, 1.82) is 0 Å². The number of nitrogens with zero attached hydrogens (tertiary/aromatic N) is 3. The first-order valence-corrected chi connectivity index (χ1v) is 9.21. The summed E-state index contributed by atoms with van der Waals surface area (Å²) in [6.45, 7) is 8.17. The van der Waals surface area contributed by atoms with Crippen molar-refractivity contribution in [3.63, 3.8) is 0 Å². The monoisotopic (exact) mass is 345 g/mol. The lowest BCUT2D eigenvalue weighted by atomic mass is 10.2. The summed E-state index contributed by atoms with van der Waals surface area (Å²) in [5.74, 6) is 1.37. The molecule has 1 amide bonds. The van der Waals surface area contributed by atoms with Crippen LogP contribution in [0, 0.1) is 13.8 Å². The van der Waals surface area contributed by atoms with Gasteiger partial charge in [0, 0.05) is 32.7 Å². The van der Waals surface area contributed by atoms with Gasteiger partial charge in [0.05, 0.1) is 11.4 Å². The minimum absolute atomic E-state index is 0.160. The molecule has 2 aromatic rings. The second kappa shape index (κ2) is 7.85. The molecule has 1 aliphatic rings. The number of aromatic nitrogens is 1. The van der Waals surface area contributed by atoms with E-state index in [4.69, 9.17) is 4.42 Å². The molecule has 0 aliphatic carbocycles. The molecule has 0 N–H and O–H groups in total. The summed E-state index contributed by atoms with van der Waals surface area (Å²) >= 11 is 1.38. The SMILES string of the molecule is Cc1nc(SCC(=O)N2CCN(Cc3ccccc3)CC2)oc1C. The number of oxazole rings is 1. The minimum atomic E-state index is 0.160. The van der Waals surface area contributed by atoms with E-state index in [-0.39, 0.29) is 5.91 Å². The first-order valence-electron chi connectivity index (χ1n) is 8.22. The maximum absolute atomic E-state index is 12.3. The van der Waals surface area contributed by atoms with Crippen LogP contribution in [0.15, 0.2) is 40.0 Å². The number of carbonyl (C=O) groups excluding carboxylic acids is 1. The Morgan fingerprint density at radius 1 is 1.17 bits per heavy atom. The largest absolute Gasteiger partial charge is 0.437 e. The van der Waals surface area contributed by atoms with Crippen molar-refractivity contribution in [2.75, 3.05) is 31.9 Å². The number of aryl methyl sites for hydroxylation is 2. The van der Waals surface area contributed by atoms with Crippen LogP contribution in [0.2, 0.25) is 0 Å². The van der Waals surface area contributed by atoms with Crippen molar-refractivity contribution in [2.45, 2.75) is 25.6 Å². The van der Waals surface area contributed by atoms with Gasteiger partial charge in [0.2, 0.25) is 5.91 Å². The van der Waals surface area contributed by atoms with Crippen LogP contribution in [-0.4, -0.2) is 52.6 Å². The summed E-state index contributed by atoms with van der Waals surface area (Å²) in [5, 5.41) is 0.584. The Bertz CT molecular complexity index is 659. The molecule has 0 unspecified atom stereocenters. The van der Waals surface area contributed by atoms with Gasteiger partial charge >= 0.3 is 0 Å². The molecule has 0 atom stereocenters. The third kappa shape index (κ3) is 4.39. The fourth-order valence-electron chi connectivity index (χ4n) is 2.72. The molecule has 0 spiro atoms. The molecule has 0 saturated carbocycles. The number of hydrogen-bond acceptors (Lipinski definition) is 5. The Morgan fingerprint density at radius 2 is 1.88 bits per heavy atom. The Balaban J connectivity index is 1.43. The molecule has 1 aromatic heterocycles. The maximum Gasteiger partial charge on any atom is 0.256 e. The smallest absolute Gasteiger partial charge is 0.256 e. The average molecular weight is 345 g/mol. The van der Waals surface area contributed by atoms with Crippen molar-refractivity contribution >= 4 is 17.7 Å². The van der Waals surface area contributed by atoms with E-state index in [0.717, 1.165) is 44.2 Å². The number of benzene rings is 1. The van der Waals surface area contributed by atoms with Gasteiger partial charge in [-0.15, -0.1) is 0 Å². The summed E-state index contributed by atoms with van der Waals surface area (Å²) in [6, 6.07) is 10.5. The van der Waals surface area contributed by atoms with Gasteiger partial charge in [0.1, 0.15) is 5.76 Å². The molecular weight excluding hydrogens is 322 g/mol. The molecule has 128 valence electrons. The zero-order chi connectivity index (χ0) is 16.9. The van der Waals surface area contributed by atoms with Crippen molar-refractivity contribution in [3.8, 4) is 0 Å². The van der Waals surface area contributed by atoms with E-state index in [1.165, 1.54) is 17.3 Å². The lowest BCUT2D eigenvalue weighted by molar-refractivity contribution is -0.130. The molecule has 0 bridgehead atoms. The second-order valence-electron chi connectivity index (χ2n) is 6.05. The fraction of sp³-hybridized carbons (Fsp3) is 0.444. The third-order valence-corrected chi connectivity index (χ3v) is 5.11. The van der Waals surface area contributed by atoms with Crippen LogP contribution in [0.25, 0.3) is 0 Å². The van der Waals surface area contributed by atoms with Gasteiger partial charge in [-0.25, -0.2) is 4.98 Å². The first kappa shape index (κ1) is 17.0. The Hall–Kier alpha value is -1.79. The predicted octanol–water partition coefficient (Wildman–Crippen LogP) is 2.73. The molecule has 1 saturated heterocycles. The van der Waals surface area contributed by atoms with Gasteiger partial charge in [0.15, 0.2) is 0 Å². The molecule has 1 aliphatic heterocycles. The van der Waals surface area contributed by atoms with E-state index in [1.54, 1.807) is 0 Å². The van der Waals surface area contributed by atoms with Crippen molar-refractivity contribution in [1.82, 2.24) is 14.8 Å². The summed E-state index contributed by atoms with van der Waals surface area (Å²) in [4.78, 5) is 21.0. The van der Waals surface area contributed by atoms with Gasteiger partial charge in [-0.1, -0.05) is 42.1 Å². The Labute approximate surface area is 147 Å². The van der Waals surface area contributed by atoms with Crippen molar-refractivity contribution in [3.05, 3.63) is 47.3 Å². The predicted molar refractivity (Wildman–Crippen MR) is 95.0 cm³/mol. The van der Waals surface area contributed by atoms with Gasteiger partial charge in [0.25, 0.3) is 5.22 Å². The standard InChI is InChI=1S/C18H23N3O2S/c1-14-15(2)23-18(19-14)24-13-17(22)21-10-8-20(9-11-21)12-16-6-4-3-5-7-16/h3-7H,8-13H2,1-2H3. The fourth-order valence-corrected chi connectivity index (χ4v) is 3.53. The molecule has 0 radical (unpaired) electrons. The van der Waals surface area contributed by atoms with Gasteiger partial charge in [-0.2, -0.15) is 0 Å². The van der Waals surface area contributed by atoms with Gasteiger partial charge in [-0.05, 0) is 19.4 Å². The second-order valence-corrected chi connectivity index (χ2v) is 6.98. The van der Waals surface area contributed by atoms with Crippen LogP contribution < -0.4 is 0 Å². The zero-order valence-corrected chi connectivity index (χ0v) is 15.0. The van der Waals surface area contributed by atoms with Crippen LogP contribution in [0.4, 0.5) is 0 Å². The highest BCUT2D eigenvalue weighted by Gasteiger charge is 2.21. The van der Waals surface area contributed by atoms with Crippen molar-refractivity contribution in [2.24, 2.45) is 0 Å². The molecule has 24 heavy (non-hydrogen) atoms. The molecule has 6 heteroatoms. The summed E-state index contributed by atoms with van der Waals surface area (Å²) in [5.41, 5.74) is 2.21. The number of hydrogen-bond donors (Lipinski definition) is 0. The molecule has 5 nitrogen and oxygen atoms in total. The quantitative estimate of drug-likeness (QED) is 0.780. The van der Waals surface area contributed by atoms with Crippen molar-refractivity contribution < 1.29 is 9.21 Å². The summed E-state index contributed by atoms with van der Waals surface area (Å²) in [6.07, 6.45) is 0. The van der Waals surface area contributed by atoms with E-state index in [0.29, 0.717) is 11.0 Å². The molecule has 2 heterocycles. The van der Waals surface area contributed by atoms with E-state index in [1.807, 2.05) is 24.8 Å². The first-order chi connectivity index (χ1) is 11.6. The number of thioether (sulfide) groups is 1. The molecule has 1 fully saturated rings. The minimum Gasteiger partial charge on any atom is -0.437 e. The molecule has 3 rings (SSSR count). The van der Waals surface area contributed by atoms with Crippen LogP contribution in [0.1, 0.15) is 17.0 Å². The van der Waals surface area contributed by atoms with Crippen LogP contribution in [-0.2, 0) is 11.3 Å². The highest BCUT2D eigenvalue weighted by Crippen LogP contribution is 2.20. The van der Waals surface area contributed by atoms with Gasteiger partial charge in [-0.3, -0.25) is 9.69 Å². The Kier molecular flexibility index (Phi) is 5.58. The third-order valence-electron chi connectivity index (χ3n) is 4.30. The number of amides is 1. The van der Waals surface area contributed by atoms with Crippen LogP contribution in [0.3, 0.4) is 0 Å². The number of carbonyl (C=O) groups is 1. The average Bonchev–Trinajstić information content (AvgIpc) is 2.92. The molecule has 1 aromatic carbocycles. The normalized spacial score (nSPS) is 15.7. The summed E-state index contributed by atoms with van der Waals surface area (Å²) < 4.78 is 5.51. The lowest BCUT2D eigenvalue weighted by Gasteiger charge is -2.34. The summed E-state index contributed by atoms with van der Waals surface area (Å²) in [7, 11) is 0. The Morgan fingerprint density at radius 3 is 2.50 bits per heavy atom. The van der Waals surface area contributed by atoms with E-state index < -0.39 is 0 Å². The van der Waals surface area contributed by atoms with E-state index in [2.05, 4.69) is 34.1 Å². The highest BCUT2D eigenvalue weighted by molar-refractivity contribution is 7.99. The van der Waals surface area contributed by atoms with E-state index >= 15 is 0 Å². The van der Waals surface area contributed by atoms with Gasteiger partial charge < -0.3 is 9.32 Å². The van der Waals surface area contributed by atoms with Crippen LogP contribution >= 0.6 is 11.8 Å².